The monoisotopic (exact) mass is 409 g/mol. The van der Waals surface area contributed by atoms with Crippen LogP contribution in [0.2, 0.25) is 0 Å². The van der Waals surface area contributed by atoms with Crippen LogP contribution >= 0.6 is 0 Å². The first-order valence-corrected chi connectivity index (χ1v) is 11.2. The molecule has 5 nitrogen and oxygen atoms in total. The number of nitrogens with zero attached hydrogens (tertiary/aromatic N) is 4. The molecule has 0 bridgehead atoms. The molecule has 0 unspecified atom stereocenters. The van der Waals surface area contributed by atoms with Crippen molar-refractivity contribution in [3.63, 3.8) is 0 Å². The number of ketones is 1. The summed E-state index contributed by atoms with van der Waals surface area (Å²) in [6, 6.07) is 16.0. The van der Waals surface area contributed by atoms with Crippen LogP contribution in [-0.4, -0.2) is 49.5 Å². The Morgan fingerprint density at radius 2 is 1.23 bits per heavy atom. The molecule has 0 aliphatic carbocycles. The third-order valence-corrected chi connectivity index (χ3v) is 6.12. The first-order chi connectivity index (χ1) is 14.5. The summed E-state index contributed by atoms with van der Waals surface area (Å²) < 4.78 is 0.859. The van der Waals surface area contributed by atoms with Crippen molar-refractivity contribution in [1.82, 2.24) is 0 Å². The minimum absolute atomic E-state index is 0.295. The molecule has 0 saturated carbocycles. The number of likely N-dealkylation sites (N-methyl/N-ethyl adjacent to an activating group) is 1. The smallest absolute Gasteiger partial charge is 0.191 e. The van der Waals surface area contributed by atoms with Crippen molar-refractivity contribution >= 4 is 22.8 Å². The van der Waals surface area contributed by atoms with E-state index in [1.807, 2.05) is 36.4 Å². The van der Waals surface area contributed by atoms with Crippen molar-refractivity contribution in [3.8, 4) is 0 Å². The maximum atomic E-state index is 12.6. The second kappa shape index (κ2) is 11.6. The van der Waals surface area contributed by atoms with Gasteiger partial charge in [0.1, 0.15) is 6.54 Å². The van der Waals surface area contributed by atoms with Gasteiger partial charge in [-0.05, 0) is 76.6 Å². The topological polar surface area (TPSA) is 45.0 Å². The van der Waals surface area contributed by atoms with E-state index in [-0.39, 0.29) is 0 Å². The Hall–Kier alpha value is -2.53. The number of carbonyl (C=O) groups excluding carboxylic acids is 1. The molecule has 5 heteroatoms. The molecular weight excluding hydrogens is 372 g/mol. The van der Waals surface area contributed by atoms with Crippen molar-refractivity contribution in [2.45, 2.75) is 41.0 Å². The fourth-order valence-corrected chi connectivity index (χ4v) is 3.78. The molecule has 0 amide bonds. The Morgan fingerprint density at radius 3 is 1.67 bits per heavy atom. The number of hydrogen-bond donors (Lipinski definition) is 0. The summed E-state index contributed by atoms with van der Waals surface area (Å²) in [5.74, 6) is 0.295. The van der Waals surface area contributed by atoms with Crippen LogP contribution in [0.5, 0.6) is 0 Å². The van der Waals surface area contributed by atoms with Crippen molar-refractivity contribution < 1.29 is 9.28 Å². The highest BCUT2D eigenvalue weighted by atomic mass is 16.1. The van der Waals surface area contributed by atoms with Crippen LogP contribution in [0.25, 0.3) is 0 Å². The number of rotatable bonds is 12. The average Bonchev–Trinajstić information content (AvgIpc) is 2.79. The first kappa shape index (κ1) is 23.7. The van der Waals surface area contributed by atoms with Crippen LogP contribution in [-0.2, 0) is 11.2 Å². The summed E-state index contributed by atoms with van der Waals surface area (Å²) in [5.41, 5.74) is 3.85. The Morgan fingerprint density at radius 1 is 0.767 bits per heavy atom. The molecule has 2 rings (SSSR count). The van der Waals surface area contributed by atoms with Crippen LogP contribution in [0.4, 0.5) is 17.1 Å². The number of benzene rings is 2. The van der Waals surface area contributed by atoms with Gasteiger partial charge in [-0.15, -0.1) is 0 Å². The van der Waals surface area contributed by atoms with E-state index in [1.54, 1.807) is 0 Å². The summed E-state index contributed by atoms with van der Waals surface area (Å²) in [4.78, 5) is 14.9. The average molecular weight is 410 g/mol. The fraction of sp³-hybridized carbons (Fsp3) is 0.480. The Labute approximate surface area is 182 Å². The Bertz CT molecular complexity index is 796. The van der Waals surface area contributed by atoms with Crippen LogP contribution in [0.15, 0.2) is 58.8 Å². The standard InChI is InChI=1S/C25H37N4O/c1-6-28(7-2)24-17-15-23(16-18-24)27-26-22-13-11-21(12-14-22)19-25(30)20-29(8-3,9-4)10-5/h11-18H,6-10,19-20H2,1-5H3/q+1. The number of carbonyl (C=O) groups is 1. The summed E-state index contributed by atoms with van der Waals surface area (Å²) >= 11 is 0. The van der Waals surface area contributed by atoms with Gasteiger partial charge in [0, 0.05) is 25.2 Å². The molecular formula is C25H37N4O+. The van der Waals surface area contributed by atoms with Gasteiger partial charge in [0.15, 0.2) is 5.78 Å². The molecule has 0 fully saturated rings. The Balaban J connectivity index is 1.96. The molecule has 162 valence electrons. The third-order valence-electron chi connectivity index (χ3n) is 6.12. The highest BCUT2D eigenvalue weighted by molar-refractivity contribution is 5.82. The van der Waals surface area contributed by atoms with E-state index in [9.17, 15) is 4.79 Å². The molecule has 0 aliphatic rings. The van der Waals surface area contributed by atoms with Crippen LogP contribution in [0.1, 0.15) is 40.2 Å². The van der Waals surface area contributed by atoms with Crippen molar-refractivity contribution in [2.75, 3.05) is 44.2 Å². The van der Waals surface area contributed by atoms with Gasteiger partial charge in [-0.2, -0.15) is 10.2 Å². The normalized spacial score (nSPS) is 11.8. The maximum absolute atomic E-state index is 12.6. The number of Topliss-reactive ketones (excluding diaryl/α,β-unsaturated/α-hetero) is 1. The zero-order chi connectivity index (χ0) is 22.0. The number of hydrogen-bond acceptors (Lipinski definition) is 4. The zero-order valence-electron chi connectivity index (χ0n) is 19.3. The zero-order valence-corrected chi connectivity index (χ0v) is 19.3. The lowest BCUT2D eigenvalue weighted by Gasteiger charge is -2.35. The molecule has 2 aromatic rings. The molecule has 0 radical (unpaired) electrons. The van der Waals surface area contributed by atoms with E-state index in [1.165, 1.54) is 5.69 Å². The molecule has 2 aromatic carbocycles. The molecule has 0 saturated heterocycles. The highest BCUT2D eigenvalue weighted by Crippen LogP contribution is 2.22. The van der Waals surface area contributed by atoms with Crippen molar-refractivity contribution in [2.24, 2.45) is 10.2 Å². The molecule has 0 atom stereocenters. The third kappa shape index (κ3) is 6.49. The lowest BCUT2D eigenvalue weighted by atomic mass is 10.1. The second-order valence-electron chi connectivity index (χ2n) is 7.72. The van der Waals surface area contributed by atoms with Gasteiger partial charge in [0.05, 0.1) is 31.0 Å². The largest absolute Gasteiger partial charge is 0.372 e. The Kier molecular flexibility index (Phi) is 9.18. The van der Waals surface area contributed by atoms with Gasteiger partial charge in [-0.25, -0.2) is 0 Å². The summed E-state index contributed by atoms with van der Waals surface area (Å²) in [6.07, 6.45) is 0.476. The predicted octanol–water partition coefficient (Wildman–Crippen LogP) is 5.94. The molecule has 0 spiro atoms. The minimum Gasteiger partial charge on any atom is -0.372 e. The van der Waals surface area contributed by atoms with Crippen molar-refractivity contribution in [1.29, 1.82) is 0 Å². The lowest BCUT2D eigenvalue weighted by Crippen LogP contribution is -2.51. The summed E-state index contributed by atoms with van der Waals surface area (Å²) in [6.45, 7) is 16.4. The fourth-order valence-electron chi connectivity index (χ4n) is 3.78. The number of azo groups is 1. The van der Waals surface area contributed by atoms with Crippen LogP contribution < -0.4 is 4.90 Å². The SMILES string of the molecule is CCN(CC)c1ccc(N=Nc2ccc(CC(=O)C[N+](CC)(CC)CC)cc2)cc1. The van der Waals surface area contributed by atoms with E-state index in [0.29, 0.717) is 18.7 Å². The minimum atomic E-state index is 0.295. The van der Waals surface area contributed by atoms with Gasteiger partial charge in [-0.3, -0.25) is 4.79 Å². The van der Waals surface area contributed by atoms with E-state index in [4.69, 9.17) is 0 Å². The summed E-state index contributed by atoms with van der Waals surface area (Å²) in [5, 5.41) is 8.67. The van der Waals surface area contributed by atoms with Gasteiger partial charge in [0.2, 0.25) is 0 Å². The molecule has 0 aliphatic heterocycles. The van der Waals surface area contributed by atoms with Crippen LogP contribution in [0, 0.1) is 0 Å². The van der Waals surface area contributed by atoms with Crippen molar-refractivity contribution in [3.05, 3.63) is 54.1 Å². The van der Waals surface area contributed by atoms with E-state index in [0.717, 1.165) is 54.1 Å². The van der Waals surface area contributed by atoms with Gasteiger partial charge in [0.25, 0.3) is 0 Å². The second-order valence-corrected chi connectivity index (χ2v) is 7.72. The summed E-state index contributed by atoms with van der Waals surface area (Å²) in [7, 11) is 0. The number of anilines is 1. The molecule has 0 heterocycles. The van der Waals surface area contributed by atoms with Gasteiger partial charge in [-0.1, -0.05) is 12.1 Å². The van der Waals surface area contributed by atoms with E-state index in [2.05, 4.69) is 61.9 Å². The highest BCUT2D eigenvalue weighted by Gasteiger charge is 2.24. The molecule has 0 N–H and O–H groups in total. The molecule has 0 aromatic heterocycles. The number of quaternary nitrogens is 1. The lowest BCUT2D eigenvalue weighted by molar-refractivity contribution is -0.915. The first-order valence-electron chi connectivity index (χ1n) is 11.2. The van der Waals surface area contributed by atoms with E-state index >= 15 is 0 Å². The van der Waals surface area contributed by atoms with Crippen LogP contribution in [0.3, 0.4) is 0 Å². The van der Waals surface area contributed by atoms with E-state index < -0.39 is 0 Å². The predicted molar refractivity (Wildman–Crippen MR) is 126 cm³/mol. The maximum Gasteiger partial charge on any atom is 0.191 e. The molecule has 30 heavy (non-hydrogen) atoms. The quantitative estimate of drug-likeness (QED) is 0.322. The van der Waals surface area contributed by atoms with Gasteiger partial charge < -0.3 is 9.38 Å². The van der Waals surface area contributed by atoms with Gasteiger partial charge >= 0.3 is 0 Å².